The fourth-order valence-corrected chi connectivity index (χ4v) is 4.19. The van der Waals surface area contributed by atoms with Gasteiger partial charge in [-0.05, 0) is 74.7 Å². The normalized spacial score (nSPS) is 16.8. The molecule has 0 radical (unpaired) electrons. The number of methoxy groups -OCH3 is 1. The van der Waals surface area contributed by atoms with Gasteiger partial charge in [-0.2, -0.15) is 0 Å². The van der Waals surface area contributed by atoms with Crippen molar-refractivity contribution in [2.45, 2.75) is 31.8 Å². The lowest BCUT2D eigenvalue weighted by molar-refractivity contribution is 0.0595. The van der Waals surface area contributed by atoms with Gasteiger partial charge >= 0.3 is 0 Å². The van der Waals surface area contributed by atoms with Gasteiger partial charge in [-0.3, -0.25) is 0 Å². The van der Waals surface area contributed by atoms with Crippen LogP contribution in [0.2, 0.25) is 0 Å². The molecule has 3 aromatic rings. The number of nitrogens with one attached hydrogen (secondary N) is 1. The summed E-state index contributed by atoms with van der Waals surface area (Å²) >= 11 is 0. The lowest BCUT2D eigenvalue weighted by atomic mass is 9.89. The highest BCUT2D eigenvalue weighted by Gasteiger charge is 2.24. The molecule has 1 aromatic heterocycles. The molecule has 1 fully saturated rings. The summed E-state index contributed by atoms with van der Waals surface area (Å²) in [6.45, 7) is 5.01. The molecule has 4 rings (SSSR count). The minimum Gasteiger partial charge on any atom is -0.497 e. The SMILES string of the molecule is COc1ccc2[nH]cc(C3CCN(CC(O)COc4ccc(C)cc4)CC3)c2c1. The maximum Gasteiger partial charge on any atom is 0.119 e. The Labute approximate surface area is 172 Å². The van der Waals surface area contributed by atoms with Crippen LogP contribution in [0.4, 0.5) is 0 Å². The average molecular weight is 395 g/mol. The number of aryl methyl sites for hydroxylation is 1. The number of nitrogens with zero attached hydrogens (tertiary/aromatic N) is 1. The Morgan fingerprint density at radius 3 is 2.55 bits per heavy atom. The number of likely N-dealkylation sites (tertiary alicyclic amines) is 1. The number of hydrogen-bond donors (Lipinski definition) is 2. The van der Waals surface area contributed by atoms with E-state index in [9.17, 15) is 5.11 Å². The first-order valence-electron chi connectivity index (χ1n) is 10.4. The molecule has 2 heterocycles. The standard InChI is InChI=1S/C24H30N2O3/c1-17-3-5-20(6-4-17)29-16-19(27)15-26-11-9-18(10-12-26)23-14-25-24-8-7-21(28-2)13-22(23)24/h3-8,13-14,18-19,25,27H,9-12,15-16H2,1-2H3. The van der Waals surface area contributed by atoms with Crippen LogP contribution in [0.3, 0.4) is 0 Å². The van der Waals surface area contributed by atoms with Crippen LogP contribution in [0.1, 0.15) is 29.9 Å². The van der Waals surface area contributed by atoms with Crippen molar-refractivity contribution >= 4 is 10.9 Å². The lowest BCUT2D eigenvalue weighted by Gasteiger charge is -2.33. The molecule has 1 aliphatic heterocycles. The molecule has 1 unspecified atom stereocenters. The van der Waals surface area contributed by atoms with E-state index in [0.717, 1.165) is 42.9 Å². The number of aliphatic hydroxyl groups is 1. The summed E-state index contributed by atoms with van der Waals surface area (Å²) in [5.41, 5.74) is 3.74. The van der Waals surface area contributed by atoms with Crippen molar-refractivity contribution in [3.8, 4) is 11.5 Å². The zero-order chi connectivity index (χ0) is 20.2. The fourth-order valence-electron chi connectivity index (χ4n) is 4.19. The number of ether oxygens (including phenoxy) is 2. The van der Waals surface area contributed by atoms with E-state index >= 15 is 0 Å². The summed E-state index contributed by atoms with van der Waals surface area (Å²) in [5, 5.41) is 11.6. The number of piperidine rings is 1. The van der Waals surface area contributed by atoms with Gasteiger partial charge in [0.05, 0.1) is 7.11 Å². The highest BCUT2D eigenvalue weighted by molar-refractivity contribution is 5.85. The van der Waals surface area contributed by atoms with Crippen LogP contribution < -0.4 is 9.47 Å². The molecule has 154 valence electrons. The monoisotopic (exact) mass is 394 g/mol. The first-order valence-corrected chi connectivity index (χ1v) is 10.4. The van der Waals surface area contributed by atoms with E-state index in [0.29, 0.717) is 19.1 Å². The van der Waals surface area contributed by atoms with E-state index in [1.54, 1.807) is 7.11 Å². The van der Waals surface area contributed by atoms with Crippen LogP contribution in [-0.4, -0.2) is 54.4 Å². The third-order valence-electron chi connectivity index (χ3n) is 5.88. The predicted octanol–water partition coefficient (Wildman–Crippen LogP) is 4.10. The topological polar surface area (TPSA) is 57.7 Å². The lowest BCUT2D eigenvalue weighted by Crippen LogP contribution is -2.40. The number of aliphatic hydroxyl groups excluding tert-OH is 1. The Kier molecular flexibility index (Phi) is 6.07. The van der Waals surface area contributed by atoms with E-state index in [2.05, 4.69) is 35.1 Å². The van der Waals surface area contributed by atoms with Crippen LogP contribution in [0.15, 0.2) is 48.7 Å². The summed E-state index contributed by atoms with van der Waals surface area (Å²) in [7, 11) is 1.71. The van der Waals surface area contributed by atoms with Gasteiger partial charge < -0.3 is 24.5 Å². The highest BCUT2D eigenvalue weighted by atomic mass is 16.5. The largest absolute Gasteiger partial charge is 0.497 e. The molecule has 0 spiro atoms. The van der Waals surface area contributed by atoms with E-state index in [1.165, 1.54) is 16.5 Å². The minimum absolute atomic E-state index is 0.325. The van der Waals surface area contributed by atoms with Gasteiger partial charge in [-0.25, -0.2) is 0 Å². The summed E-state index contributed by atoms with van der Waals surface area (Å²) in [5.74, 6) is 2.24. The Hall–Kier alpha value is -2.50. The number of aromatic nitrogens is 1. The number of β-amino-alcohol motifs (C(OH)–C–C–N with tert-alkyl or cyclic N) is 1. The zero-order valence-corrected chi connectivity index (χ0v) is 17.2. The van der Waals surface area contributed by atoms with Gasteiger partial charge in [0.15, 0.2) is 0 Å². The minimum atomic E-state index is -0.481. The molecular formula is C24H30N2O3. The number of rotatable bonds is 7. The molecule has 2 N–H and O–H groups in total. The first-order chi connectivity index (χ1) is 14.1. The highest BCUT2D eigenvalue weighted by Crippen LogP contribution is 2.34. The Morgan fingerprint density at radius 2 is 1.83 bits per heavy atom. The summed E-state index contributed by atoms with van der Waals surface area (Å²) in [4.78, 5) is 5.73. The molecule has 29 heavy (non-hydrogen) atoms. The number of H-pyrrole nitrogens is 1. The molecule has 5 heteroatoms. The van der Waals surface area contributed by atoms with E-state index < -0.39 is 6.10 Å². The van der Waals surface area contributed by atoms with Gasteiger partial charge in [-0.15, -0.1) is 0 Å². The maximum absolute atomic E-state index is 10.4. The van der Waals surface area contributed by atoms with Crippen molar-refractivity contribution in [3.05, 3.63) is 59.8 Å². The molecule has 0 aliphatic carbocycles. The third-order valence-corrected chi connectivity index (χ3v) is 5.88. The second-order valence-corrected chi connectivity index (χ2v) is 8.01. The third kappa shape index (κ3) is 4.74. The molecule has 1 atom stereocenters. The molecule has 1 saturated heterocycles. The molecule has 0 amide bonds. The summed E-state index contributed by atoms with van der Waals surface area (Å²) < 4.78 is 11.1. The van der Waals surface area contributed by atoms with Crippen molar-refractivity contribution in [1.29, 1.82) is 0 Å². The summed E-state index contributed by atoms with van der Waals surface area (Å²) in [6.07, 6.45) is 3.85. The Balaban J connectivity index is 1.28. The van der Waals surface area contributed by atoms with Gasteiger partial charge in [0, 0.05) is 23.6 Å². The van der Waals surface area contributed by atoms with Crippen molar-refractivity contribution < 1.29 is 14.6 Å². The number of hydrogen-bond acceptors (Lipinski definition) is 4. The molecular weight excluding hydrogens is 364 g/mol. The molecule has 5 nitrogen and oxygen atoms in total. The smallest absolute Gasteiger partial charge is 0.119 e. The fraction of sp³-hybridized carbons (Fsp3) is 0.417. The number of benzene rings is 2. The van der Waals surface area contributed by atoms with Crippen molar-refractivity contribution in [1.82, 2.24) is 9.88 Å². The first kappa shape index (κ1) is 19.8. The quantitative estimate of drug-likeness (QED) is 0.633. The molecule has 0 bridgehead atoms. The maximum atomic E-state index is 10.4. The second kappa shape index (κ2) is 8.89. The van der Waals surface area contributed by atoms with Crippen molar-refractivity contribution in [3.63, 3.8) is 0 Å². The molecule has 0 saturated carbocycles. The molecule has 1 aliphatic rings. The predicted molar refractivity (Wildman–Crippen MR) is 116 cm³/mol. The Bertz CT molecular complexity index is 927. The number of aromatic amines is 1. The van der Waals surface area contributed by atoms with E-state index in [-0.39, 0.29) is 0 Å². The van der Waals surface area contributed by atoms with Crippen LogP contribution >= 0.6 is 0 Å². The van der Waals surface area contributed by atoms with Crippen LogP contribution in [0.25, 0.3) is 10.9 Å². The van der Waals surface area contributed by atoms with Crippen LogP contribution in [0.5, 0.6) is 11.5 Å². The van der Waals surface area contributed by atoms with Crippen molar-refractivity contribution in [2.75, 3.05) is 33.4 Å². The van der Waals surface area contributed by atoms with Crippen LogP contribution in [-0.2, 0) is 0 Å². The molecule has 2 aromatic carbocycles. The Morgan fingerprint density at radius 1 is 1.10 bits per heavy atom. The average Bonchev–Trinajstić information content (AvgIpc) is 3.17. The van der Waals surface area contributed by atoms with Crippen molar-refractivity contribution in [2.24, 2.45) is 0 Å². The van der Waals surface area contributed by atoms with Gasteiger partial charge in [0.1, 0.15) is 24.2 Å². The second-order valence-electron chi connectivity index (χ2n) is 8.01. The van der Waals surface area contributed by atoms with Gasteiger partial charge in [-0.1, -0.05) is 17.7 Å². The summed E-state index contributed by atoms with van der Waals surface area (Å²) in [6, 6.07) is 14.1. The van der Waals surface area contributed by atoms with Crippen LogP contribution in [0, 0.1) is 6.92 Å². The van der Waals surface area contributed by atoms with Gasteiger partial charge in [0.25, 0.3) is 0 Å². The van der Waals surface area contributed by atoms with Gasteiger partial charge in [0.2, 0.25) is 0 Å². The zero-order valence-electron chi connectivity index (χ0n) is 17.2. The van der Waals surface area contributed by atoms with E-state index in [1.807, 2.05) is 30.3 Å². The van der Waals surface area contributed by atoms with E-state index in [4.69, 9.17) is 9.47 Å². The number of fused-ring (bicyclic) bond motifs is 1.